The predicted octanol–water partition coefficient (Wildman–Crippen LogP) is 0.876. The zero-order valence-electron chi connectivity index (χ0n) is 10.1. The van der Waals surface area contributed by atoms with Crippen molar-refractivity contribution in [1.29, 1.82) is 0 Å². The molecule has 8 nitrogen and oxygen atoms in total. The largest absolute Gasteiger partial charge is 0.409 e. The van der Waals surface area contributed by atoms with Gasteiger partial charge >= 0.3 is 0 Å². The van der Waals surface area contributed by atoms with Crippen LogP contribution in [0.3, 0.4) is 0 Å². The third-order valence-corrected chi connectivity index (χ3v) is 2.61. The van der Waals surface area contributed by atoms with Gasteiger partial charge in [-0.25, -0.2) is 0 Å². The van der Waals surface area contributed by atoms with E-state index < -0.39 is 12.2 Å². The monoisotopic (exact) mass is 265 g/mol. The molecule has 0 aromatic heterocycles. The van der Waals surface area contributed by atoms with Crippen molar-refractivity contribution in [1.82, 2.24) is 0 Å². The minimum Gasteiger partial charge on any atom is -0.409 e. The molecule has 0 amide bonds. The molecule has 102 valence electrons. The Morgan fingerprint density at radius 3 is 2.47 bits per heavy atom. The van der Waals surface area contributed by atoms with Crippen molar-refractivity contribution in [3.8, 4) is 0 Å². The average Bonchev–Trinajstić information content (AvgIpc) is 2.46. The maximum atomic E-state index is 9.88. The lowest BCUT2D eigenvalue weighted by molar-refractivity contribution is 0.0150. The molecular formula is C11H15N5O3. The summed E-state index contributed by atoms with van der Waals surface area (Å²) >= 11 is 0. The molecule has 0 saturated carbocycles. The van der Waals surface area contributed by atoms with Crippen molar-refractivity contribution in [3.05, 3.63) is 45.8 Å². The molecule has 1 aromatic carbocycles. The highest BCUT2D eigenvalue weighted by Crippen LogP contribution is 2.19. The summed E-state index contributed by atoms with van der Waals surface area (Å²) in [6.45, 7) is 0.108. The standard InChI is InChI=1S/C11H15N5O3/c12-11(15-19)8-3-1-7(2-4-8)10(18)9(17)5-6-14-16-13/h1-4,9-10,17-19H,5-6H2,(H2,12,15). The van der Waals surface area contributed by atoms with Gasteiger partial charge in [-0.15, -0.1) is 0 Å². The molecule has 1 rings (SSSR count). The van der Waals surface area contributed by atoms with Gasteiger partial charge in [0.1, 0.15) is 6.10 Å². The topological polar surface area (TPSA) is 148 Å². The van der Waals surface area contributed by atoms with Crippen LogP contribution in [0.4, 0.5) is 0 Å². The number of aliphatic hydroxyl groups is 2. The third kappa shape index (κ3) is 4.14. The third-order valence-electron chi connectivity index (χ3n) is 2.61. The van der Waals surface area contributed by atoms with Crippen LogP contribution in [0.2, 0.25) is 0 Å². The minimum absolute atomic E-state index is 0.0371. The first-order valence-corrected chi connectivity index (χ1v) is 5.55. The summed E-state index contributed by atoms with van der Waals surface area (Å²) in [7, 11) is 0. The molecule has 0 aliphatic heterocycles. The second-order valence-corrected chi connectivity index (χ2v) is 3.86. The van der Waals surface area contributed by atoms with Gasteiger partial charge in [0.15, 0.2) is 5.84 Å². The number of nitrogens with two attached hydrogens (primary N) is 1. The van der Waals surface area contributed by atoms with E-state index in [9.17, 15) is 10.2 Å². The van der Waals surface area contributed by atoms with Gasteiger partial charge < -0.3 is 21.2 Å². The number of benzene rings is 1. The van der Waals surface area contributed by atoms with Gasteiger partial charge in [-0.3, -0.25) is 0 Å². The van der Waals surface area contributed by atoms with Crippen LogP contribution in [-0.2, 0) is 0 Å². The van der Waals surface area contributed by atoms with Crippen LogP contribution in [0, 0.1) is 0 Å². The molecule has 0 aliphatic carbocycles. The Morgan fingerprint density at radius 1 is 1.32 bits per heavy atom. The molecule has 19 heavy (non-hydrogen) atoms. The van der Waals surface area contributed by atoms with Gasteiger partial charge in [0.25, 0.3) is 0 Å². The number of amidine groups is 1. The van der Waals surface area contributed by atoms with Crippen molar-refractivity contribution >= 4 is 5.84 Å². The molecular weight excluding hydrogens is 250 g/mol. The van der Waals surface area contributed by atoms with Crippen LogP contribution in [0.5, 0.6) is 0 Å². The van der Waals surface area contributed by atoms with Crippen LogP contribution in [0.1, 0.15) is 23.7 Å². The molecule has 0 fully saturated rings. The van der Waals surface area contributed by atoms with E-state index in [1.807, 2.05) is 0 Å². The summed E-state index contributed by atoms with van der Waals surface area (Å²) in [4.78, 5) is 2.56. The van der Waals surface area contributed by atoms with Crippen molar-refractivity contribution in [3.63, 3.8) is 0 Å². The van der Waals surface area contributed by atoms with E-state index in [4.69, 9.17) is 16.5 Å². The minimum atomic E-state index is -1.09. The van der Waals surface area contributed by atoms with E-state index >= 15 is 0 Å². The fourth-order valence-electron chi connectivity index (χ4n) is 1.52. The first-order chi connectivity index (χ1) is 9.10. The summed E-state index contributed by atoms with van der Waals surface area (Å²) < 4.78 is 0. The first-order valence-electron chi connectivity index (χ1n) is 5.55. The average molecular weight is 265 g/mol. The molecule has 2 atom stereocenters. The van der Waals surface area contributed by atoms with Gasteiger partial charge in [0.2, 0.25) is 0 Å². The van der Waals surface area contributed by atoms with Gasteiger partial charge in [0, 0.05) is 17.0 Å². The number of hydrogen-bond acceptors (Lipinski definition) is 5. The van der Waals surface area contributed by atoms with Gasteiger partial charge in [0.05, 0.1) is 6.10 Å². The second kappa shape index (κ2) is 7.22. The summed E-state index contributed by atoms with van der Waals surface area (Å²) in [5.74, 6) is -0.0371. The van der Waals surface area contributed by atoms with Crippen molar-refractivity contribution in [2.24, 2.45) is 16.0 Å². The Hall–Kier alpha value is -2.28. The zero-order valence-corrected chi connectivity index (χ0v) is 10.1. The Balaban J connectivity index is 2.71. The summed E-state index contributed by atoms with van der Waals surface area (Å²) in [6, 6.07) is 6.26. The molecule has 0 spiro atoms. The zero-order chi connectivity index (χ0) is 14.3. The van der Waals surface area contributed by atoms with Crippen molar-refractivity contribution in [2.75, 3.05) is 6.54 Å². The van der Waals surface area contributed by atoms with E-state index in [0.717, 1.165) is 0 Å². The Kier molecular flexibility index (Phi) is 5.62. The molecule has 8 heteroatoms. The smallest absolute Gasteiger partial charge is 0.170 e. The Bertz CT molecular complexity index is 482. The second-order valence-electron chi connectivity index (χ2n) is 3.86. The van der Waals surface area contributed by atoms with Crippen LogP contribution >= 0.6 is 0 Å². The van der Waals surface area contributed by atoms with E-state index in [-0.39, 0.29) is 18.8 Å². The van der Waals surface area contributed by atoms with Crippen LogP contribution in [-0.4, -0.2) is 33.9 Å². The van der Waals surface area contributed by atoms with Gasteiger partial charge in [-0.1, -0.05) is 34.5 Å². The molecule has 5 N–H and O–H groups in total. The molecule has 1 aromatic rings. The van der Waals surface area contributed by atoms with Crippen LogP contribution in [0.25, 0.3) is 10.4 Å². The fourth-order valence-corrected chi connectivity index (χ4v) is 1.52. The molecule has 2 unspecified atom stereocenters. The highest BCUT2D eigenvalue weighted by Gasteiger charge is 2.17. The maximum absolute atomic E-state index is 9.88. The SMILES string of the molecule is [N-]=[N+]=NCCC(O)C(O)c1ccc(C(N)=NO)cc1. The molecule has 0 bridgehead atoms. The van der Waals surface area contributed by atoms with Gasteiger partial charge in [-0.2, -0.15) is 0 Å². The highest BCUT2D eigenvalue weighted by molar-refractivity contribution is 5.96. The molecule has 0 heterocycles. The normalized spacial score (nSPS) is 14.5. The fraction of sp³-hybridized carbons (Fsp3) is 0.364. The van der Waals surface area contributed by atoms with Crippen LogP contribution in [0.15, 0.2) is 34.5 Å². The summed E-state index contributed by atoms with van der Waals surface area (Å²) in [5.41, 5.74) is 14.5. The molecule has 0 saturated heterocycles. The number of azide groups is 1. The van der Waals surface area contributed by atoms with Gasteiger partial charge in [-0.05, 0) is 17.5 Å². The van der Waals surface area contributed by atoms with E-state index in [1.54, 1.807) is 24.3 Å². The lowest BCUT2D eigenvalue weighted by Crippen LogP contribution is -2.19. The lowest BCUT2D eigenvalue weighted by Gasteiger charge is -2.17. The first kappa shape index (κ1) is 14.8. The Morgan fingerprint density at radius 2 is 1.95 bits per heavy atom. The molecule has 0 aliphatic rings. The number of rotatable bonds is 6. The van der Waals surface area contributed by atoms with Crippen LogP contribution < -0.4 is 5.73 Å². The maximum Gasteiger partial charge on any atom is 0.170 e. The van der Waals surface area contributed by atoms with Crippen molar-refractivity contribution in [2.45, 2.75) is 18.6 Å². The number of aliphatic hydroxyl groups excluding tert-OH is 2. The Labute approximate surface area is 109 Å². The summed E-state index contributed by atoms with van der Waals surface area (Å²) in [5, 5.41) is 34.2. The van der Waals surface area contributed by atoms with Crippen molar-refractivity contribution < 1.29 is 15.4 Å². The number of hydrogen-bond donors (Lipinski definition) is 4. The lowest BCUT2D eigenvalue weighted by atomic mass is 10.0. The quantitative estimate of drug-likeness (QED) is 0.115. The number of nitrogens with zero attached hydrogens (tertiary/aromatic N) is 4. The van der Waals surface area contributed by atoms with E-state index in [1.165, 1.54) is 0 Å². The van der Waals surface area contributed by atoms with E-state index in [2.05, 4.69) is 15.2 Å². The predicted molar refractivity (Wildman–Crippen MR) is 68.5 cm³/mol. The number of oxime groups is 1. The highest BCUT2D eigenvalue weighted by atomic mass is 16.4. The molecule has 0 radical (unpaired) electrons. The summed E-state index contributed by atoms with van der Waals surface area (Å²) in [6.07, 6.45) is -1.96. The van der Waals surface area contributed by atoms with E-state index in [0.29, 0.717) is 11.1 Å².